The number of halogens is 1. The second-order valence-corrected chi connectivity index (χ2v) is 11.2. The van der Waals surface area contributed by atoms with Crippen LogP contribution in [0.3, 0.4) is 0 Å². The molecule has 0 bridgehead atoms. The van der Waals surface area contributed by atoms with E-state index in [2.05, 4.69) is 26.0 Å². The first-order valence-corrected chi connectivity index (χ1v) is 14.4. The molecule has 5 aromatic rings. The van der Waals surface area contributed by atoms with Crippen LogP contribution in [0.5, 0.6) is 5.75 Å². The molecule has 0 spiro atoms. The van der Waals surface area contributed by atoms with E-state index in [1.807, 2.05) is 79.7 Å². The van der Waals surface area contributed by atoms with E-state index in [1.165, 1.54) is 5.56 Å². The molecule has 43 heavy (non-hydrogen) atoms. The SMILES string of the molecule is C.CC(C)c1ccc(-c2cc(=O)c3ccccc3o2)cc1.COc1ccc2c(c1)CC/C(=C\c1ccc(C)cc1Cl)C2=O. The van der Waals surface area contributed by atoms with Gasteiger partial charge in [-0.1, -0.05) is 81.4 Å². The highest BCUT2D eigenvalue weighted by Gasteiger charge is 2.22. The van der Waals surface area contributed by atoms with Crippen molar-refractivity contribution < 1.29 is 13.9 Å². The van der Waals surface area contributed by atoms with Crippen molar-refractivity contribution in [2.45, 2.75) is 47.0 Å². The Hall–Kier alpha value is -4.41. The van der Waals surface area contributed by atoms with Crippen LogP contribution in [0.2, 0.25) is 5.02 Å². The fourth-order valence-electron chi connectivity index (χ4n) is 5.03. The number of carbonyl (C=O) groups excluding carboxylic acids is 1. The minimum atomic E-state index is -0.00483. The first-order valence-electron chi connectivity index (χ1n) is 14.0. The number of para-hydroxylation sites is 1. The third-order valence-electron chi connectivity index (χ3n) is 7.49. The first-order chi connectivity index (χ1) is 20.2. The summed E-state index contributed by atoms with van der Waals surface area (Å²) in [5.41, 5.74) is 7.46. The number of ether oxygens (including phenoxy) is 1. The second kappa shape index (κ2) is 13.7. The van der Waals surface area contributed by atoms with Crippen molar-refractivity contribution in [1.82, 2.24) is 0 Å². The third-order valence-corrected chi connectivity index (χ3v) is 7.82. The zero-order valence-corrected chi connectivity index (χ0v) is 25.0. The number of carbonyl (C=O) groups is 1. The van der Waals surface area contributed by atoms with Crippen molar-refractivity contribution >= 4 is 34.4 Å². The number of benzene rings is 4. The molecule has 4 nitrogen and oxygen atoms in total. The molecule has 0 amide bonds. The van der Waals surface area contributed by atoms with E-state index < -0.39 is 0 Å². The van der Waals surface area contributed by atoms with Gasteiger partial charge in [0.15, 0.2) is 11.2 Å². The van der Waals surface area contributed by atoms with Crippen molar-refractivity contribution in [2.24, 2.45) is 0 Å². The van der Waals surface area contributed by atoms with Gasteiger partial charge >= 0.3 is 0 Å². The summed E-state index contributed by atoms with van der Waals surface area (Å²) >= 11 is 6.26. The van der Waals surface area contributed by atoms with Gasteiger partial charge in [-0.2, -0.15) is 0 Å². The molecule has 0 radical (unpaired) electrons. The van der Waals surface area contributed by atoms with E-state index in [4.69, 9.17) is 20.8 Å². The number of hydrogen-bond acceptors (Lipinski definition) is 4. The molecule has 0 saturated heterocycles. The van der Waals surface area contributed by atoms with Gasteiger partial charge in [0.1, 0.15) is 17.1 Å². The number of methoxy groups -OCH3 is 1. The quantitative estimate of drug-likeness (QED) is 0.195. The van der Waals surface area contributed by atoms with E-state index in [9.17, 15) is 9.59 Å². The second-order valence-electron chi connectivity index (χ2n) is 10.8. The molecule has 5 heteroatoms. The predicted octanol–water partition coefficient (Wildman–Crippen LogP) is 10.1. The smallest absolute Gasteiger partial charge is 0.193 e. The number of rotatable bonds is 4. The largest absolute Gasteiger partial charge is 0.497 e. The Labute approximate surface area is 258 Å². The molecular formula is C38H37ClO4. The van der Waals surface area contributed by atoms with Crippen molar-refractivity contribution in [2.75, 3.05) is 7.11 Å². The van der Waals surface area contributed by atoms with Crippen LogP contribution in [-0.4, -0.2) is 12.9 Å². The Morgan fingerprint density at radius 3 is 2.33 bits per heavy atom. The average Bonchev–Trinajstić information content (AvgIpc) is 3.00. The highest BCUT2D eigenvalue weighted by atomic mass is 35.5. The molecule has 1 aromatic heterocycles. The summed E-state index contributed by atoms with van der Waals surface area (Å²) in [5, 5.41) is 1.30. The van der Waals surface area contributed by atoms with Crippen molar-refractivity contribution in [1.29, 1.82) is 0 Å². The number of hydrogen-bond donors (Lipinski definition) is 0. The van der Waals surface area contributed by atoms with E-state index in [1.54, 1.807) is 19.2 Å². The molecular weight excluding hydrogens is 556 g/mol. The maximum Gasteiger partial charge on any atom is 0.193 e. The van der Waals surface area contributed by atoms with Gasteiger partial charge in [0.05, 0.1) is 12.5 Å². The maximum absolute atomic E-state index is 12.6. The lowest BCUT2D eigenvalue weighted by molar-refractivity contribution is 0.102. The monoisotopic (exact) mass is 592 g/mol. The van der Waals surface area contributed by atoms with E-state index in [0.29, 0.717) is 27.7 Å². The number of Topliss-reactive ketones (excluding diaryl/α,β-unsaturated/α-hetero) is 1. The van der Waals surface area contributed by atoms with Gasteiger partial charge in [0, 0.05) is 27.8 Å². The van der Waals surface area contributed by atoms with Gasteiger partial charge in [-0.25, -0.2) is 0 Å². The minimum absolute atomic E-state index is 0. The van der Waals surface area contributed by atoms with Gasteiger partial charge < -0.3 is 9.15 Å². The Balaban J connectivity index is 0.000000193. The summed E-state index contributed by atoms with van der Waals surface area (Å²) in [5.74, 6) is 1.98. The van der Waals surface area contributed by atoms with Crippen LogP contribution in [0, 0.1) is 6.92 Å². The van der Waals surface area contributed by atoms with Crippen LogP contribution in [0.1, 0.15) is 66.2 Å². The molecule has 0 fully saturated rings. The van der Waals surface area contributed by atoms with Crippen LogP contribution in [0.25, 0.3) is 28.4 Å². The summed E-state index contributed by atoms with van der Waals surface area (Å²) in [7, 11) is 1.64. The van der Waals surface area contributed by atoms with Gasteiger partial charge in [0.25, 0.3) is 0 Å². The molecule has 0 N–H and O–H groups in total. The topological polar surface area (TPSA) is 56.5 Å². The number of aryl methyl sites for hydroxylation is 2. The fraction of sp³-hybridized carbons (Fsp3) is 0.211. The van der Waals surface area contributed by atoms with E-state index in [0.717, 1.165) is 52.0 Å². The van der Waals surface area contributed by atoms with Crippen molar-refractivity contribution in [3.8, 4) is 17.1 Å². The van der Waals surface area contributed by atoms with Crippen molar-refractivity contribution in [3.63, 3.8) is 0 Å². The Bertz CT molecular complexity index is 1850. The fourth-order valence-corrected chi connectivity index (χ4v) is 5.32. The number of fused-ring (bicyclic) bond motifs is 2. The average molecular weight is 593 g/mol. The normalized spacial score (nSPS) is 13.3. The predicted molar refractivity (Wildman–Crippen MR) is 179 cm³/mol. The molecule has 0 saturated carbocycles. The number of ketones is 1. The van der Waals surface area contributed by atoms with Gasteiger partial charge in [-0.15, -0.1) is 0 Å². The molecule has 0 aliphatic heterocycles. The molecule has 1 aliphatic rings. The lowest BCUT2D eigenvalue weighted by Gasteiger charge is -2.18. The van der Waals surface area contributed by atoms with Crippen molar-refractivity contribution in [3.05, 3.63) is 140 Å². The van der Waals surface area contributed by atoms with Gasteiger partial charge in [-0.3, -0.25) is 9.59 Å². The summed E-state index contributed by atoms with van der Waals surface area (Å²) in [6, 6.07) is 28.6. The van der Waals surface area contributed by atoms with Crippen LogP contribution in [0.4, 0.5) is 0 Å². The molecule has 1 heterocycles. The Morgan fingerprint density at radius 2 is 1.63 bits per heavy atom. The summed E-state index contributed by atoms with van der Waals surface area (Å²) < 4.78 is 11.1. The summed E-state index contributed by atoms with van der Waals surface area (Å²) in [6.07, 6.45) is 3.48. The lowest BCUT2D eigenvalue weighted by atomic mass is 9.86. The summed E-state index contributed by atoms with van der Waals surface area (Å²) in [6.45, 7) is 6.31. The lowest BCUT2D eigenvalue weighted by Crippen LogP contribution is -2.14. The highest BCUT2D eigenvalue weighted by Crippen LogP contribution is 2.31. The van der Waals surface area contributed by atoms with Crippen LogP contribution in [0.15, 0.2) is 106 Å². The minimum Gasteiger partial charge on any atom is -0.497 e. The Kier molecular flexibility index (Phi) is 10.1. The zero-order valence-electron chi connectivity index (χ0n) is 24.2. The molecule has 4 aromatic carbocycles. The van der Waals surface area contributed by atoms with Gasteiger partial charge in [-0.05, 0) is 90.4 Å². The van der Waals surface area contributed by atoms with Gasteiger partial charge in [0.2, 0.25) is 0 Å². The zero-order chi connectivity index (χ0) is 29.8. The van der Waals surface area contributed by atoms with Crippen LogP contribution in [-0.2, 0) is 6.42 Å². The molecule has 1 aliphatic carbocycles. The summed E-state index contributed by atoms with van der Waals surface area (Å²) in [4.78, 5) is 24.7. The maximum atomic E-state index is 12.6. The van der Waals surface area contributed by atoms with Crippen LogP contribution < -0.4 is 10.2 Å². The molecule has 6 rings (SSSR count). The van der Waals surface area contributed by atoms with E-state index >= 15 is 0 Å². The highest BCUT2D eigenvalue weighted by molar-refractivity contribution is 6.32. The Morgan fingerprint density at radius 1 is 0.884 bits per heavy atom. The standard InChI is InChI=1S/C19H17ClO2.C18H16O2.CH4/c1-12-3-4-14(18(20)9-12)10-15-6-5-13-11-16(22-2)7-8-17(13)19(15)21;1-12(2)13-7-9-14(10-8-13)18-11-16(19)15-5-3-4-6-17(15)20-18;/h3-4,7-11H,5-6H2,1-2H3;3-12H,1-2H3;1H4/b15-10+;;. The molecule has 0 unspecified atom stereocenters. The van der Waals surface area contributed by atoms with E-state index in [-0.39, 0.29) is 18.6 Å². The first kappa shape index (κ1) is 31.5. The third kappa shape index (κ3) is 7.15. The van der Waals surface area contributed by atoms with Crippen LogP contribution >= 0.6 is 11.6 Å². The molecule has 0 atom stereocenters. The molecule has 220 valence electrons. The number of allylic oxidation sites excluding steroid dienone is 1.